The van der Waals surface area contributed by atoms with E-state index in [-0.39, 0.29) is 17.7 Å². The van der Waals surface area contributed by atoms with Gasteiger partial charge in [-0.3, -0.25) is 9.59 Å². The highest BCUT2D eigenvalue weighted by Crippen LogP contribution is 2.26. The SMILES string of the molecule is CCCCCCCCN(C(=O)C(CC(C)C)NC(=O)OC(C)(C)C)C(C(=O)NC(C)(C)C)c1ccc(C)cc1. The molecule has 0 radical (unpaired) electrons. The first kappa shape index (κ1) is 34.5. The van der Waals surface area contributed by atoms with Crippen molar-refractivity contribution in [1.29, 1.82) is 0 Å². The maximum atomic E-state index is 14.3. The molecule has 0 aromatic heterocycles. The Morgan fingerprint density at radius 1 is 0.897 bits per heavy atom. The number of nitrogens with one attached hydrogen (secondary N) is 2. The molecular weight excluding hydrogens is 490 g/mol. The van der Waals surface area contributed by atoms with Crippen molar-refractivity contribution in [1.82, 2.24) is 15.5 Å². The monoisotopic (exact) mass is 545 g/mol. The number of alkyl carbamates (subject to hydrolysis) is 1. The molecule has 0 bridgehead atoms. The van der Waals surface area contributed by atoms with Crippen LogP contribution in [0.5, 0.6) is 0 Å². The second-order valence-electron chi connectivity index (χ2n) is 13.2. The molecule has 0 aliphatic heterocycles. The number of benzene rings is 1. The van der Waals surface area contributed by atoms with Crippen LogP contribution in [0, 0.1) is 12.8 Å². The van der Waals surface area contributed by atoms with Crippen molar-refractivity contribution < 1.29 is 19.1 Å². The first-order chi connectivity index (χ1) is 18.0. The fourth-order valence-corrected chi connectivity index (χ4v) is 4.43. The fraction of sp³-hybridized carbons (Fsp3) is 0.719. The van der Waals surface area contributed by atoms with E-state index in [2.05, 4.69) is 17.6 Å². The van der Waals surface area contributed by atoms with Gasteiger partial charge in [-0.15, -0.1) is 0 Å². The van der Waals surface area contributed by atoms with Gasteiger partial charge < -0.3 is 20.3 Å². The number of rotatable bonds is 14. The average Bonchev–Trinajstić information content (AvgIpc) is 2.78. The highest BCUT2D eigenvalue weighted by molar-refractivity contribution is 5.92. The topological polar surface area (TPSA) is 87.7 Å². The summed E-state index contributed by atoms with van der Waals surface area (Å²) in [4.78, 5) is 42.5. The van der Waals surface area contributed by atoms with Gasteiger partial charge in [0, 0.05) is 12.1 Å². The average molecular weight is 546 g/mol. The van der Waals surface area contributed by atoms with Gasteiger partial charge in [0.1, 0.15) is 17.7 Å². The number of hydrogen-bond acceptors (Lipinski definition) is 4. The first-order valence-corrected chi connectivity index (χ1v) is 14.7. The second-order valence-corrected chi connectivity index (χ2v) is 13.2. The van der Waals surface area contributed by atoms with E-state index in [0.717, 1.165) is 36.8 Å². The first-order valence-electron chi connectivity index (χ1n) is 14.7. The summed E-state index contributed by atoms with van der Waals surface area (Å²) in [5, 5.41) is 5.91. The molecule has 2 unspecified atom stereocenters. The minimum Gasteiger partial charge on any atom is -0.444 e. The van der Waals surface area contributed by atoms with Gasteiger partial charge in [-0.25, -0.2) is 4.79 Å². The van der Waals surface area contributed by atoms with Crippen molar-refractivity contribution in [3.63, 3.8) is 0 Å². The zero-order valence-electron chi connectivity index (χ0n) is 26.3. The Kier molecular flexibility index (Phi) is 14.0. The van der Waals surface area contributed by atoms with E-state index >= 15 is 0 Å². The largest absolute Gasteiger partial charge is 0.444 e. The summed E-state index contributed by atoms with van der Waals surface area (Å²) in [6.07, 6.45) is 6.16. The maximum Gasteiger partial charge on any atom is 0.408 e. The molecule has 39 heavy (non-hydrogen) atoms. The number of hydrogen-bond donors (Lipinski definition) is 2. The van der Waals surface area contributed by atoms with Crippen LogP contribution in [0.3, 0.4) is 0 Å². The minimum absolute atomic E-state index is 0.144. The standard InChI is InChI=1S/C32H55N3O4/c1-11-12-13-14-15-16-21-35(29(37)26(22-23(2)3)33-30(38)39-32(8,9)10)27(28(36)34-31(5,6)7)25-19-17-24(4)18-20-25/h17-20,23,26-27H,11-16,21-22H2,1-10H3,(H,33,38)(H,34,36). The van der Waals surface area contributed by atoms with Crippen molar-refractivity contribution in [2.24, 2.45) is 5.92 Å². The second kappa shape index (κ2) is 15.9. The van der Waals surface area contributed by atoms with Gasteiger partial charge in [0.25, 0.3) is 0 Å². The smallest absolute Gasteiger partial charge is 0.408 e. The van der Waals surface area contributed by atoms with Crippen LogP contribution in [0.2, 0.25) is 0 Å². The Morgan fingerprint density at radius 2 is 1.46 bits per heavy atom. The summed E-state index contributed by atoms with van der Waals surface area (Å²) in [5.74, 6) is -0.352. The van der Waals surface area contributed by atoms with Crippen molar-refractivity contribution in [2.45, 2.75) is 137 Å². The van der Waals surface area contributed by atoms with Gasteiger partial charge in [-0.2, -0.15) is 0 Å². The molecule has 0 spiro atoms. The van der Waals surface area contributed by atoms with Crippen LogP contribution >= 0.6 is 0 Å². The molecular formula is C32H55N3O4. The van der Waals surface area contributed by atoms with Crippen LogP contribution in [0.25, 0.3) is 0 Å². The number of nitrogens with zero attached hydrogens (tertiary/aromatic N) is 1. The van der Waals surface area contributed by atoms with E-state index in [4.69, 9.17) is 4.74 Å². The summed E-state index contributed by atoms with van der Waals surface area (Å²) in [6, 6.07) is 6.14. The number of aryl methyl sites for hydroxylation is 1. The molecule has 0 saturated heterocycles. The summed E-state index contributed by atoms with van der Waals surface area (Å²) in [6.45, 7) is 19.8. The highest BCUT2D eigenvalue weighted by atomic mass is 16.6. The summed E-state index contributed by atoms with van der Waals surface area (Å²) < 4.78 is 5.49. The van der Waals surface area contributed by atoms with Crippen molar-refractivity contribution in [3.05, 3.63) is 35.4 Å². The lowest BCUT2D eigenvalue weighted by Crippen LogP contribution is -2.55. The number of amides is 3. The minimum atomic E-state index is -0.817. The van der Waals surface area contributed by atoms with Crippen LogP contribution in [0.4, 0.5) is 4.79 Å². The van der Waals surface area contributed by atoms with Crippen LogP contribution in [-0.4, -0.2) is 46.5 Å². The van der Waals surface area contributed by atoms with Crippen LogP contribution < -0.4 is 10.6 Å². The summed E-state index contributed by atoms with van der Waals surface area (Å²) in [5.41, 5.74) is 0.667. The Labute approximate surface area is 237 Å². The van der Waals surface area contributed by atoms with Gasteiger partial charge in [0.2, 0.25) is 11.8 Å². The molecule has 0 aliphatic carbocycles. The van der Waals surface area contributed by atoms with Crippen molar-refractivity contribution in [3.8, 4) is 0 Å². The summed E-state index contributed by atoms with van der Waals surface area (Å²) >= 11 is 0. The van der Waals surface area contributed by atoms with Crippen LogP contribution in [0.1, 0.15) is 124 Å². The lowest BCUT2D eigenvalue weighted by molar-refractivity contribution is -0.143. The molecule has 1 aromatic rings. The molecule has 0 aliphatic rings. The van der Waals surface area contributed by atoms with Gasteiger partial charge in [0.05, 0.1) is 0 Å². The molecule has 0 fully saturated rings. The molecule has 7 heteroatoms. The molecule has 0 heterocycles. The highest BCUT2D eigenvalue weighted by Gasteiger charge is 2.37. The zero-order chi connectivity index (χ0) is 29.8. The third-order valence-electron chi connectivity index (χ3n) is 6.18. The van der Waals surface area contributed by atoms with E-state index in [9.17, 15) is 14.4 Å². The predicted octanol–water partition coefficient (Wildman–Crippen LogP) is 7.08. The molecule has 2 atom stereocenters. The van der Waals surface area contributed by atoms with Gasteiger partial charge >= 0.3 is 6.09 Å². The lowest BCUT2D eigenvalue weighted by Gasteiger charge is -2.36. The predicted molar refractivity (Wildman–Crippen MR) is 160 cm³/mol. The Balaban J connectivity index is 3.46. The Bertz CT molecular complexity index is 897. The third kappa shape index (κ3) is 13.9. The van der Waals surface area contributed by atoms with Crippen LogP contribution in [-0.2, 0) is 14.3 Å². The molecule has 3 amide bonds. The molecule has 222 valence electrons. The van der Waals surface area contributed by atoms with Gasteiger partial charge in [-0.1, -0.05) is 82.7 Å². The number of carbonyl (C=O) groups is 3. The van der Waals surface area contributed by atoms with Gasteiger partial charge in [-0.05, 0) is 72.8 Å². The Hall–Kier alpha value is -2.57. The van der Waals surface area contributed by atoms with Crippen molar-refractivity contribution >= 4 is 17.9 Å². The molecule has 1 rings (SSSR count). The molecule has 0 saturated carbocycles. The number of ether oxygens (including phenoxy) is 1. The number of unbranched alkanes of at least 4 members (excludes halogenated alkanes) is 5. The van der Waals surface area contributed by atoms with E-state index in [1.807, 2.05) is 65.8 Å². The quantitative estimate of drug-likeness (QED) is 0.245. The Morgan fingerprint density at radius 3 is 1.97 bits per heavy atom. The van der Waals surface area contributed by atoms with Gasteiger partial charge in [0.15, 0.2) is 0 Å². The van der Waals surface area contributed by atoms with E-state index in [0.29, 0.717) is 13.0 Å². The zero-order valence-corrected chi connectivity index (χ0v) is 26.3. The molecule has 2 N–H and O–H groups in total. The van der Waals surface area contributed by atoms with E-state index in [1.165, 1.54) is 12.8 Å². The summed E-state index contributed by atoms with van der Waals surface area (Å²) in [7, 11) is 0. The maximum absolute atomic E-state index is 14.3. The van der Waals surface area contributed by atoms with Crippen LogP contribution in [0.15, 0.2) is 24.3 Å². The normalized spacial score (nSPS) is 13.5. The van der Waals surface area contributed by atoms with E-state index < -0.39 is 29.3 Å². The third-order valence-corrected chi connectivity index (χ3v) is 6.18. The number of carbonyl (C=O) groups excluding carboxylic acids is 3. The lowest BCUT2D eigenvalue weighted by atomic mass is 9.97. The van der Waals surface area contributed by atoms with E-state index in [1.54, 1.807) is 25.7 Å². The fourth-order valence-electron chi connectivity index (χ4n) is 4.43. The van der Waals surface area contributed by atoms with Crippen molar-refractivity contribution in [2.75, 3.05) is 6.54 Å². The molecule has 1 aromatic carbocycles. The molecule has 7 nitrogen and oxygen atoms in total.